The monoisotopic (exact) mass is 376 g/mol. The van der Waals surface area contributed by atoms with Crippen molar-refractivity contribution in [2.75, 3.05) is 32.5 Å². The molecule has 1 aromatic carbocycles. The lowest BCUT2D eigenvalue weighted by molar-refractivity contribution is 0.0814. The molecule has 0 saturated carbocycles. The number of ketones is 1. The highest BCUT2D eigenvalue weighted by atomic mass is 35.5. The topological polar surface area (TPSA) is 75.8 Å². The third-order valence-electron chi connectivity index (χ3n) is 4.30. The fraction of sp³-hybridized carbons (Fsp3) is 0.588. The number of ether oxygens (including phenoxy) is 1. The molecule has 24 heavy (non-hydrogen) atoms. The number of halogens is 2. The lowest BCUT2D eigenvalue weighted by atomic mass is 10.0. The summed E-state index contributed by atoms with van der Waals surface area (Å²) < 4.78 is 5.22. The van der Waals surface area contributed by atoms with Gasteiger partial charge in [0, 0.05) is 25.6 Å². The molecule has 1 heterocycles. The number of hydrogen-bond acceptors (Lipinski definition) is 5. The zero-order valence-electron chi connectivity index (χ0n) is 14.0. The Hall–Kier alpha value is -1.01. The van der Waals surface area contributed by atoms with E-state index in [9.17, 15) is 9.90 Å². The minimum absolute atomic E-state index is 0. The Morgan fingerprint density at radius 1 is 1.38 bits per heavy atom. The maximum atomic E-state index is 12.4. The maximum absolute atomic E-state index is 12.4. The Morgan fingerprint density at radius 2 is 2.04 bits per heavy atom. The van der Waals surface area contributed by atoms with E-state index in [-0.39, 0.29) is 24.3 Å². The number of carbonyl (C=O) groups is 1. The first-order valence-corrected chi connectivity index (χ1v) is 8.45. The van der Waals surface area contributed by atoms with Gasteiger partial charge in [0.05, 0.1) is 29.5 Å². The number of rotatable bonds is 7. The van der Waals surface area contributed by atoms with E-state index in [1.807, 2.05) is 0 Å². The number of benzene rings is 1. The number of piperidine rings is 1. The molecule has 1 aliphatic heterocycles. The van der Waals surface area contributed by atoms with Crippen LogP contribution in [-0.2, 0) is 0 Å². The Balaban J connectivity index is 0.00000288. The van der Waals surface area contributed by atoms with Crippen LogP contribution in [0.2, 0.25) is 5.02 Å². The van der Waals surface area contributed by atoms with Crippen LogP contribution < -0.4 is 10.5 Å². The van der Waals surface area contributed by atoms with Crippen LogP contribution in [0.5, 0.6) is 5.75 Å². The molecule has 7 heteroatoms. The van der Waals surface area contributed by atoms with Crippen molar-refractivity contribution in [1.29, 1.82) is 0 Å². The van der Waals surface area contributed by atoms with Gasteiger partial charge in [-0.1, -0.05) is 11.6 Å². The molecule has 1 aromatic rings. The van der Waals surface area contributed by atoms with E-state index in [0.29, 0.717) is 28.4 Å². The molecule has 5 nitrogen and oxygen atoms in total. The van der Waals surface area contributed by atoms with E-state index in [1.54, 1.807) is 12.1 Å². The van der Waals surface area contributed by atoms with E-state index >= 15 is 0 Å². The second-order valence-corrected chi connectivity index (χ2v) is 6.43. The number of nitrogen functional groups attached to an aromatic ring is 1. The standard InChI is InChI=1S/C17H25ClN2O3.ClH/c1-23-17-11-15(19)14(18)10-13(17)16(22)4-2-3-7-20-8-5-12(21)6-9-20;/h10-12,21H,2-9,19H2,1H3;1H. The fourth-order valence-electron chi connectivity index (χ4n) is 2.85. The Morgan fingerprint density at radius 3 is 2.67 bits per heavy atom. The van der Waals surface area contributed by atoms with Gasteiger partial charge in [-0.25, -0.2) is 0 Å². The molecule has 1 saturated heterocycles. The molecule has 0 aliphatic carbocycles. The highest BCUT2D eigenvalue weighted by molar-refractivity contribution is 6.33. The number of nitrogens with zero attached hydrogens (tertiary/aromatic N) is 1. The summed E-state index contributed by atoms with van der Waals surface area (Å²) >= 11 is 6.00. The summed E-state index contributed by atoms with van der Waals surface area (Å²) in [6.07, 6.45) is 3.80. The van der Waals surface area contributed by atoms with Gasteiger partial charge in [0.1, 0.15) is 5.75 Å². The number of Topliss-reactive ketones (excluding diaryl/α,β-unsaturated/α-hetero) is 1. The largest absolute Gasteiger partial charge is 0.496 e. The SMILES string of the molecule is COc1cc(N)c(Cl)cc1C(=O)CCCCN1CCC(O)CC1.Cl. The summed E-state index contributed by atoms with van der Waals surface area (Å²) in [6, 6.07) is 3.18. The Labute approximate surface area is 154 Å². The van der Waals surface area contributed by atoms with Gasteiger partial charge < -0.3 is 20.5 Å². The van der Waals surface area contributed by atoms with Gasteiger partial charge in [0.2, 0.25) is 0 Å². The number of carbonyl (C=O) groups excluding carboxylic acids is 1. The summed E-state index contributed by atoms with van der Waals surface area (Å²) in [6.45, 7) is 2.85. The van der Waals surface area contributed by atoms with Crippen LogP contribution in [0.4, 0.5) is 5.69 Å². The van der Waals surface area contributed by atoms with Crippen molar-refractivity contribution in [2.45, 2.75) is 38.2 Å². The predicted molar refractivity (Wildman–Crippen MR) is 99.5 cm³/mol. The van der Waals surface area contributed by atoms with Gasteiger partial charge >= 0.3 is 0 Å². The zero-order valence-corrected chi connectivity index (χ0v) is 15.5. The van der Waals surface area contributed by atoms with Crippen molar-refractivity contribution in [3.63, 3.8) is 0 Å². The van der Waals surface area contributed by atoms with E-state index in [1.165, 1.54) is 7.11 Å². The second kappa shape index (κ2) is 10.1. The predicted octanol–water partition coefficient (Wildman–Crippen LogP) is 3.16. The molecule has 0 spiro atoms. The minimum Gasteiger partial charge on any atom is -0.496 e. The molecular formula is C17H26Cl2N2O3. The number of anilines is 1. The number of unbranched alkanes of at least 4 members (excludes halogenated alkanes) is 1. The van der Waals surface area contributed by atoms with Gasteiger partial charge in [-0.2, -0.15) is 0 Å². The Bertz CT molecular complexity index is 547. The van der Waals surface area contributed by atoms with Crippen LogP contribution in [0, 0.1) is 0 Å². The van der Waals surface area contributed by atoms with Crippen LogP contribution in [0.3, 0.4) is 0 Å². The molecule has 0 amide bonds. The summed E-state index contributed by atoms with van der Waals surface area (Å²) in [7, 11) is 1.52. The quantitative estimate of drug-likeness (QED) is 0.434. The smallest absolute Gasteiger partial charge is 0.166 e. The highest BCUT2D eigenvalue weighted by Gasteiger charge is 2.17. The molecule has 0 radical (unpaired) electrons. The van der Waals surface area contributed by atoms with Crippen molar-refractivity contribution in [1.82, 2.24) is 4.90 Å². The maximum Gasteiger partial charge on any atom is 0.166 e. The lowest BCUT2D eigenvalue weighted by Crippen LogP contribution is -2.36. The molecule has 136 valence electrons. The molecule has 1 aliphatic rings. The van der Waals surface area contributed by atoms with Gasteiger partial charge in [-0.3, -0.25) is 4.79 Å². The van der Waals surface area contributed by atoms with Crippen LogP contribution in [0.25, 0.3) is 0 Å². The number of likely N-dealkylation sites (tertiary alicyclic amines) is 1. The van der Waals surface area contributed by atoms with Crippen molar-refractivity contribution in [2.24, 2.45) is 0 Å². The fourth-order valence-corrected chi connectivity index (χ4v) is 3.02. The average molecular weight is 377 g/mol. The van der Waals surface area contributed by atoms with E-state index in [2.05, 4.69) is 4.90 Å². The third kappa shape index (κ3) is 5.81. The van der Waals surface area contributed by atoms with E-state index in [0.717, 1.165) is 45.3 Å². The van der Waals surface area contributed by atoms with Gasteiger partial charge in [0.15, 0.2) is 5.78 Å². The van der Waals surface area contributed by atoms with Crippen LogP contribution in [-0.4, -0.2) is 48.6 Å². The van der Waals surface area contributed by atoms with Gasteiger partial charge in [-0.05, 0) is 38.3 Å². The minimum atomic E-state index is -0.143. The van der Waals surface area contributed by atoms with Crippen molar-refractivity contribution < 1.29 is 14.6 Å². The number of nitrogens with two attached hydrogens (primary N) is 1. The van der Waals surface area contributed by atoms with Crippen molar-refractivity contribution >= 4 is 35.5 Å². The average Bonchev–Trinajstić information content (AvgIpc) is 2.55. The number of hydrogen-bond donors (Lipinski definition) is 2. The first-order valence-electron chi connectivity index (χ1n) is 8.08. The third-order valence-corrected chi connectivity index (χ3v) is 4.63. The summed E-state index contributed by atoms with van der Waals surface area (Å²) in [5.74, 6) is 0.500. The highest BCUT2D eigenvalue weighted by Crippen LogP contribution is 2.30. The summed E-state index contributed by atoms with van der Waals surface area (Å²) in [4.78, 5) is 14.7. The molecule has 0 bridgehead atoms. The lowest BCUT2D eigenvalue weighted by Gasteiger charge is -2.29. The van der Waals surface area contributed by atoms with E-state index in [4.69, 9.17) is 22.1 Å². The Kier molecular flexibility index (Phi) is 8.84. The molecular weight excluding hydrogens is 351 g/mol. The number of aliphatic hydroxyl groups is 1. The van der Waals surface area contributed by atoms with E-state index < -0.39 is 0 Å². The molecule has 2 rings (SSSR count). The van der Waals surface area contributed by atoms with Crippen LogP contribution in [0.15, 0.2) is 12.1 Å². The second-order valence-electron chi connectivity index (χ2n) is 6.03. The summed E-state index contributed by atoms with van der Waals surface area (Å²) in [5.41, 5.74) is 6.64. The van der Waals surface area contributed by atoms with Crippen molar-refractivity contribution in [3.8, 4) is 5.75 Å². The molecule has 0 atom stereocenters. The van der Waals surface area contributed by atoms with Crippen LogP contribution >= 0.6 is 24.0 Å². The molecule has 0 aromatic heterocycles. The zero-order chi connectivity index (χ0) is 16.8. The van der Waals surface area contributed by atoms with Crippen molar-refractivity contribution in [3.05, 3.63) is 22.7 Å². The van der Waals surface area contributed by atoms with Gasteiger partial charge in [-0.15, -0.1) is 12.4 Å². The van der Waals surface area contributed by atoms with Gasteiger partial charge in [0.25, 0.3) is 0 Å². The number of aliphatic hydroxyl groups excluding tert-OH is 1. The molecule has 0 unspecified atom stereocenters. The molecule has 1 fully saturated rings. The normalized spacial score (nSPS) is 15.8. The first kappa shape index (κ1) is 21.0. The first-order chi connectivity index (χ1) is 11.0. The summed E-state index contributed by atoms with van der Waals surface area (Å²) in [5, 5.41) is 9.86. The van der Waals surface area contributed by atoms with Crippen LogP contribution in [0.1, 0.15) is 42.5 Å². The molecule has 3 N–H and O–H groups in total. The number of methoxy groups -OCH3 is 1.